The second-order valence-electron chi connectivity index (χ2n) is 7.47. The number of rotatable bonds is 2. The third-order valence-corrected chi connectivity index (χ3v) is 6.91. The van der Waals surface area contributed by atoms with Crippen LogP contribution in [0.1, 0.15) is 17.5 Å². The Kier molecular flexibility index (Phi) is 3.41. The Morgan fingerprint density at radius 3 is 2.86 bits per heavy atom. The van der Waals surface area contributed by atoms with Crippen molar-refractivity contribution >= 4 is 37.6 Å². The molecule has 2 aromatic carbocycles. The normalized spacial score (nSPS) is 15.7. The first kappa shape index (κ1) is 16.2. The van der Waals surface area contributed by atoms with Crippen molar-refractivity contribution < 1.29 is 9.13 Å². The maximum absolute atomic E-state index is 14.9. The van der Waals surface area contributed by atoms with E-state index in [2.05, 4.69) is 27.0 Å². The van der Waals surface area contributed by atoms with E-state index in [4.69, 9.17) is 4.74 Å². The summed E-state index contributed by atoms with van der Waals surface area (Å²) in [6.45, 7) is 4.49. The predicted molar refractivity (Wildman–Crippen MR) is 111 cm³/mol. The average molecular weight is 391 g/mol. The van der Waals surface area contributed by atoms with Crippen LogP contribution in [0.2, 0.25) is 0 Å². The van der Waals surface area contributed by atoms with Crippen molar-refractivity contribution in [3.63, 3.8) is 0 Å². The molecule has 2 aliphatic heterocycles. The lowest BCUT2D eigenvalue weighted by Gasteiger charge is -2.30. The van der Waals surface area contributed by atoms with Gasteiger partial charge in [-0.2, -0.15) is 0 Å². The Balaban J connectivity index is 1.66. The molecular weight excluding hydrogens is 373 g/mol. The first-order valence-electron chi connectivity index (χ1n) is 9.59. The van der Waals surface area contributed by atoms with Crippen LogP contribution in [-0.2, 0) is 6.42 Å². The molecule has 28 heavy (non-hydrogen) atoms. The van der Waals surface area contributed by atoms with E-state index in [1.54, 1.807) is 11.3 Å². The Labute approximate surface area is 165 Å². The lowest BCUT2D eigenvalue weighted by molar-refractivity contribution is 0.318. The maximum atomic E-state index is 14.9. The SMILES string of the molecule is Cc1cc(-c2ccc3c4c(ccnc24)CCO3)c2sc(N3CCC3)nc2c1F. The van der Waals surface area contributed by atoms with Crippen LogP contribution in [0, 0.1) is 12.7 Å². The molecule has 0 N–H and O–H groups in total. The zero-order valence-corrected chi connectivity index (χ0v) is 16.3. The smallest absolute Gasteiger partial charge is 0.186 e. The number of fused-ring (bicyclic) bond motifs is 1. The van der Waals surface area contributed by atoms with Crippen LogP contribution in [0.25, 0.3) is 32.2 Å². The number of hydrogen-bond acceptors (Lipinski definition) is 5. The van der Waals surface area contributed by atoms with E-state index in [9.17, 15) is 4.39 Å². The van der Waals surface area contributed by atoms with Gasteiger partial charge in [-0.05, 0) is 48.7 Å². The van der Waals surface area contributed by atoms with Crippen LogP contribution in [0.4, 0.5) is 9.52 Å². The molecule has 140 valence electrons. The summed E-state index contributed by atoms with van der Waals surface area (Å²) in [4.78, 5) is 11.6. The Hall–Kier alpha value is -2.73. The summed E-state index contributed by atoms with van der Waals surface area (Å²) in [6.07, 6.45) is 3.91. The van der Waals surface area contributed by atoms with Crippen LogP contribution >= 0.6 is 11.3 Å². The number of anilines is 1. The van der Waals surface area contributed by atoms with Crippen molar-refractivity contribution in [3.8, 4) is 16.9 Å². The average Bonchev–Trinajstić information content (AvgIpc) is 3.09. The van der Waals surface area contributed by atoms with Crippen molar-refractivity contribution in [3.05, 3.63) is 47.4 Å². The van der Waals surface area contributed by atoms with Gasteiger partial charge in [-0.1, -0.05) is 11.3 Å². The van der Waals surface area contributed by atoms with Crippen LogP contribution in [0.3, 0.4) is 0 Å². The summed E-state index contributed by atoms with van der Waals surface area (Å²) in [7, 11) is 0. The van der Waals surface area contributed by atoms with Gasteiger partial charge in [0.15, 0.2) is 10.9 Å². The minimum atomic E-state index is -0.221. The minimum Gasteiger partial charge on any atom is -0.493 e. The molecule has 6 rings (SSSR count). The Bertz CT molecular complexity index is 1250. The molecule has 0 atom stereocenters. The van der Waals surface area contributed by atoms with E-state index >= 15 is 0 Å². The zero-order chi connectivity index (χ0) is 18.8. The number of nitrogens with zero attached hydrogens (tertiary/aromatic N) is 3. The van der Waals surface area contributed by atoms with Gasteiger partial charge in [-0.25, -0.2) is 9.37 Å². The third-order valence-electron chi connectivity index (χ3n) is 5.76. The summed E-state index contributed by atoms with van der Waals surface area (Å²) in [5.41, 5.74) is 5.27. The van der Waals surface area contributed by atoms with E-state index in [0.717, 1.165) is 57.1 Å². The molecule has 0 unspecified atom stereocenters. The molecule has 1 fully saturated rings. The molecule has 2 aliphatic rings. The van der Waals surface area contributed by atoms with Crippen molar-refractivity contribution in [2.45, 2.75) is 19.8 Å². The van der Waals surface area contributed by atoms with Crippen molar-refractivity contribution in [2.75, 3.05) is 24.6 Å². The van der Waals surface area contributed by atoms with Gasteiger partial charge < -0.3 is 9.64 Å². The first-order valence-corrected chi connectivity index (χ1v) is 10.4. The molecule has 1 saturated heterocycles. The summed E-state index contributed by atoms with van der Waals surface area (Å²) in [5, 5.41) is 1.99. The number of ether oxygens (including phenoxy) is 1. The highest BCUT2D eigenvalue weighted by Crippen LogP contribution is 2.44. The molecule has 2 aromatic heterocycles. The number of halogens is 1. The van der Waals surface area contributed by atoms with Crippen molar-refractivity contribution in [2.24, 2.45) is 0 Å². The lowest BCUT2D eigenvalue weighted by atomic mass is 9.95. The fourth-order valence-electron chi connectivity index (χ4n) is 4.13. The van der Waals surface area contributed by atoms with E-state index in [1.807, 2.05) is 25.3 Å². The van der Waals surface area contributed by atoms with Gasteiger partial charge in [-0.15, -0.1) is 0 Å². The molecular formula is C22H18FN3OS. The van der Waals surface area contributed by atoms with Crippen LogP contribution in [0.5, 0.6) is 5.75 Å². The molecule has 0 aliphatic carbocycles. The van der Waals surface area contributed by atoms with Gasteiger partial charge in [0.2, 0.25) is 0 Å². The topological polar surface area (TPSA) is 38.2 Å². The number of thiazole rings is 1. The van der Waals surface area contributed by atoms with Gasteiger partial charge in [-0.3, -0.25) is 4.98 Å². The van der Waals surface area contributed by atoms with Gasteiger partial charge >= 0.3 is 0 Å². The largest absolute Gasteiger partial charge is 0.493 e. The molecule has 4 heterocycles. The number of aryl methyl sites for hydroxylation is 1. The second-order valence-corrected chi connectivity index (χ2v) is 8.45. The Morgan fingerprint density at radius 2 is 2.04 bits per heavy atom. The standard InChI is InChI=1S/C22H18FN3OS/c1-12-11-15(21-20(18(12)23)25-22(28-21)26-8-2-9-26)14-3-4-16-17-13(6-10-27-16)5-7-24-19(14)17/h3-5,7,11H,2,6,8-10H2,1H3. The van der Waals surface area contributed by atoms with E-state index in [-0.39, 0.29) is 5.82 Å². The third kappa shape index (κ3) is 2.21. The fourth-order valence-corrected chi connectivity index (χ4v) is 5.28. The zero-order valence-electron chi connectivity index (χ0n) is 15.5. The maximum Gasteiger partial charge on any atom is 0.186 e. The molecule has 4 nitrogen and oxygen atoms in total. The molecule has 0 spiro atoms. The fraction of sp³-hybridized carbons (Fsp3) is 0.273. The molecule has 0 amide bonds. The highest BCUT2D eigenvalue weighted by atomic mass is 32.1. The van der Waals surface area contributed by atoms with Crippen molar-refractivity contribution in [1.82, 2.24) is 9.97 Å². The Morgan fingerprint density at radius 1 is 1.14 bits per heavy atom. The summed E-state index contributed by atoms with van der Waals surface area (Å²) in [6, 6.07) is 8.07. The molecule has 0 saturated carbocycles. The number of aromatic nitrogens is 2. The monoisotopic (exact) mass is 391 g/mol. The van der Waals surface area contributed by atoms with Crippen LogP contribution in [-0.4, -0.2) is 29.7 Å². The second kappa shape index (κ2) is 5.88. The van der Waals surface area contributed by atoms with Gasteiger partial charge in [0, 0.05) is 42.2 Å². The van der Waals surface area contributed by atoms with Crippen LogP contribution in [0.15, 0.2) is 30.5 Å². The number of hydrogen-bond donors (Lipinski definition) is 0. The predicted octanol–water partition coefficient (Wildman–Crippen LogP) is 5.10. The van der Waals surface area contributed by atoms with E-state index < -0.39 is 0 Å². The van der Waals surface area contributed by atoms with Crippen LogP contribution < -0.4 is 9.64 Å². The highest BCUT2D eigenvalue weighted by Gasteiger charge is 2.24. The van der Waals surface area contributed by atoms with E-state index in [0.29, 0.717) is 17.7 Å². The summed E-state index contributed by atoms with van der Waals surface area (Å²) in [5.74, 6) is 0.662. The molecule has 4 aromatic rings. The number of pyridine rings is 1. The molecule has 6 heteroatoms. The van der Waals surface area contributed by atoms with E-state index in [1.165, 1.54) is 12.0 Å². The van der Waals surface area contributed by atoms with Crippen molar-refractivity contribution in [1.29, 1.82) is 0 Å². The highest BCUT2D eigenvalue weighted by molar-refractivity contribution is 7.22. The lowest BCUT2D eigenvalue weighted by Crippen LogP contribution is -2.36. The summed E-state index contributed by atoms with van der Waals surface area (Å²) >= 11 is 1.58. The quantitative estimate of drug-likeness (QED) is 0.476. The van der Waals surface area contributed by atoms with Gasteiger partial charge in [0.05, 0.1) is 16.8 Å². The first-order chi connectivity index (χ1) is 13.7. The molecule has 0 bridgehead atoms. The molecule has 0 radical (unpaired) electrons. The number of benzene rings is 2. The minimum absolute atomic E-state index is 0.221. The van der Waals surface area contributed by atoms with Gasteiger partial charge in [0.1, 0.15) is 11.3 Å². The van der Waals surface area contributed by atoms with Gasteiger partial charge in [0.25, 0.3) is 0 Å². The summed E-state index contributed by atoms with van der Waals surface area (Å²) < 4.78 is 21.6.